The number of hydrogen-bond acceptors (Lipinski definition) is 5. The number of hydrogen-bond donors (Lipinski definition) is 1. The number of nitrogens with zero attached hydrogens (tertiary/aromatic N) is 1. The van der Waals surface area contributed by atoms with E-state index in [0.29, 0.717) is 31.7 Å². The lowest BCUT2D eigenvalue weighted by Gasteiger charge is -2.43. The normalized spacial score (nSPS) is 17.1. The third-order valence-electron chi connectivity index (χ3n) is 7.89. The number of alkyl halides is 1. The van der Waals surface area contributed by atoms with E-state index in [4.69, 9.17) is 14.2 Å². The summed E-state index contributed by atoms with van der Waals surface area (Å²) in [4.78, 5) is 16.6. The Kier molecular flexibility index (Phi) is 9.65. The van der Waals surface area contributed by atoms with E-state index < -0.39 is 29.3 Å². The Morgan fingerprint density at radius 3 is 2.41 bits per heavy atom. The minimum atomic E-state index is -1.57. The second-order valence-electron chi connectivity index (χ2n) is 11.9. The van der Waals surface area contributed by atoms with Gasteiger partial charge < -0.3 is 19.2 Å². The van der Waals surface area contributed by atoms with Gasteiger partial charge in [-0.25, -0.2) is 18.0 Å². The standard InChI is InChI=1S/C35H39F3N2O4/c1-5-43-31(41)20-42-15-14-23-10-12-24(13-11-23)19-44-25-17-28(36)32(29(37)18-25)34-33-27(26-8-6-7-9-30(26)39-33)16-22(2)40(34)21-35(3,4)38/h6-13,17-18,22,34,39H,5,14-16,19-21H2,1-4H3/t22-,34-/m1/s1. The first-order valence-corrected chi connectivity index (χ1v) is 15.0. The Balaban J connectivity index is 1.32. The van der Waals surface area contributed by atoms with Crippen LogP contribution in [0.5, 0.6) is 5.75 Å². The molecule has 9 heteroatoms. The molecule has 0 saturated carbocycles. The number of aromatic amines is 1. The zero-order valence-corrected chi connectivity index (χ0v) is 25.6. The third kappa shape index (κ3) is 7.27. The summed E-state index contributed by atoms with van der Waals surface area (Å²) in [6.45, 7) is 7.41. The molecule has 0 fully saturated rings. The predicted octanol–water partition coefficient (Wildman–Crippen LogP) is 7.23. The van der Waals surface area contributed by atoms with E-state index in [1.54, 1.807) is 6.92 Å². The molecule has 1 N–H and O–H groups in total. The fourth-order valence-corrected chi connectivity index (χ4v) is 5.92. The number of H-pyrrole nitrogens is 1. The molecule has 234 valence electrons. The molecular formula is C35H39F3N2O4. The van der Waals surface area contributed by atoms with Gasteiger partial charge >= 0.3 is 5.97 Å². The van der Waals surface area contributed by atoms with Gasteiger partial charge in [0.15, 0.2) is 0 Å². The molecular weight excluding hydrogens is 569 g/mol. The summed E-state index contributed by atoms with van der Waals surface area (Å²) in [7, 11) is 0. The Morgan fingerprint density at radius 2 is 1.73 bits per heavy atom. The summed E-state index contributed by atoms with van der Waals surface area (Å²) < 4.78 is 62.8. The summed E-state index contributed by atoms with van der Waals surface area (Å²) in [5.41, 5.74) is 2.70. The van der Waals surface area contributed by atoms with Gasteiger partial charge in [0.25, 0.3) is 0 Å². The van der Waals surface area contributed by atoms with Crippen molar-refractivity contribution in [2.45, 2.75) is 64.9 Å². The Labute approximate surface area is 256 Å². The van der Waals surface area contributed by atoms with Gasteiger partial charge in [-0.3, -0.25) is 4.90 Å². The van der Waals surface area contributed by atoms with Crippen LogP contribution in [0.25, 0.3) is 10.9 Å². The van der Waals surface area contributed by atoms with E-state index in [-0.39, 0.29) is 37.1 Å². The summed E-state index contributed by atoms with van der Waals surface area (Å²) >= 11 is 0. The first-order valence-electron chi connectivity index (χ1n) is 15.0. The van der Waals surface area contributed by atoms with Crippen LogP contribution in [-0.4, -0.2) is 53.9 Å². The maximum atomic E-state index is 15.9. The molecule has 0 unspecified atom stereocenters. The van der Waals surface area contributed by atoms with Crippen molar-refractivity contribution in [3.05, 3.63) is 100 Å². The van der Waals surface area contributed by atoms with Gasteiger partial charge in [-0.05, 0) is 63.3 Å². The van der Waals surface area contributed by atoms with Gasteiger partial charge in [0, 0.05) is 46.9 Å². The largest absolute Gasteiger partial charge is 0.489 e. The van der Waals surface area contributed by atoms with Gasteiger partial charge in [0.05, 0.1) is 19.3 Å². The molecule has 0 bridgehead atoms. The second-order valence-corrected chi connectivity index (χ2v) is 11.9. The number of rotatable bonds is 12. The number of aromatic nitrogens is 1. The van der Waals surface area contributed by atoms with E-state index in [0.717, 1.165) is 27.6 Å². The summed E-state index contributed by atoms with van der Waals surface area (Å²) in [5, 5.41) is 1.01. The number of halogens is 3. The van der Waals surface area contributed by atoms with Gasteiger partial charge in [0.2, 0.25) is 0 Å². The monoisotopic (exact) mass is 608 g/mol. The van der Waals surface area contributed by atoms with E-state index in [9.17, 15) is 4.79 Å². The smallest absolute Gasteiger partial charge is 0.332 e. The molecule has 2 atom stereocenters. The van der Waals surface area contributed by atoms with E-state index in [2.05, 4.69) is 4.98 Å². The molecule has 0 spiro atoms. The zero-order valence-electron chi connectivity index (χ0n) is 25.6. The molecule has 44 heavy (non-hydrogen) atoms. The van der Waals surface area contributed by atoms with E-state index >= 15 is 13.2 Å². The average Bonchev–Trinajstić information content (AvgIpc) is 3.33. The highest BCUT2D eigenvalue weighted by atomic mass is 19.1. The topological polar surface area (TPSA) is 63.8 Å². The number of para-hydroxylation sites is 1. The third-order valence-corrected chi connectivity index (χ3v) is 7.89. The number of carbonyl (C=O) groups excluding carboxylic acids is 1. The summed E-state index contributed by atoms with van der Waals surface area (Å²) in [5.74, 6) is -1.82. The Hall–Kier alpha value is -3.82. The number of esters is 1. The van der Waals surface area contributed by atoms with Crippen LogP contribution in [-0.2, 0) is 33.7 Å². The number of carbonyl (C=O) groups is 1. The van der Waals surface area contributed by atoms with Crippen molar-refractivity contribution in [3.63, 3.8) is 0 Å². The van der Waals surface area contributed by atoms with Crippen molar-refractivity contribution in [1.29, 1.82) is 0 Å². The minimum Gasteiger partial charge on any atom is -0.489 e. The predicted molar refractivity (Wildman–Crippen MR) is 163 cm³/mol. The van der Waals surface area contributed by atoms with Crippen molar-refractivity contribution in [2.24, 2.45) is 0 Å². The molecule has 0 aliphatic carbocycles. The zero-order chi connectivity index (χ0) is 31.4. The molecule has 0 amide bonds. The van der Waals surface area contributed by atoms with Crippen LogP contribution in [0.3, 0.4) is 0 Å². The van der Waals surface area contributed by atoms with Crippen LogP contribution in [0.1, 0.15) is 61.7 Å². The van der Waals surface area contributed by atoms with Crippen LogP contribution in [0, 0.1) is 11.6 Å². The van der Waals surface area contributed by atoms with Gasteiger partial charge in [-0.1, -0.05) is 42.5 Å². The average molecular weight is 609 g/mol. The van der Waals surface area contributed by atoms with Gasteiger partial charge in [-0.15, -0.1) is 0 Å². The lowest BCUT2D eigenvalue weighted by Crippen LogP contribution is -2.48. The summed E-state index contributed by atoms with van der Waals surface area (Å²) in [6.07, 6.45) is 1.25. The lowest BCUT2D eigenvalue weighted by molar-refractivity contribution is -0.148. The van der Waals surface area contributed by atoms with Crippen molar-refractivity contribution in [2.75, 3.05) is 26.4 Å². The number of fused-ring (bicyclic) bond motifs is 3. The molecule has 6 nitrogen and oxygen atoms in total. The van der Waals surface area contributed by atoms with E-state index in [1.807, 2.05) is 60.4 Å². The molecule has 3 aromatic carbocycles. The highest BCUT2D eigenvalue weighted by Gasteiger charge is 2.41. The molecule has 5 rings (SSSR count). The molecule has 1 aliphatic heterocycles. The highest BCUT2D eigenvalue weighted by Crippen LogP contribution is 2.43. The quantitative estimate of drug-likeness (QED) is 0.136. The SMILES string of the molecule is CCOC(=O)COCCc1ccc(COc2cc(F)c([C@@H]3c4[nH]c5ccccc5c4C[C@@H](C)N3CC(C)(C)F)c(F)c2)cc1. The van der Waals surface area contributed by atoms with Crippen LogP contribution >= 0.6 is 0 Å². The first kappa shape index (κ1) is 31.6. The lowest BCUT2D eigenvalue weighted by atomic mass is 9.87. The number of ether oxygens (including phenoxy) is 3. The maximum absolute atomic E-state index is 15.9. The fourth-order valence-electron chi connectivity index (χ4n) is 5.92. The van der Waals surface area contributed by atoms with E-state index in [1.165, 1.54) is 26.0 Å². The molecule has 2 heterocycles. The van der Waals surface area contributed by atoms with Crippen LogP contribution in [0.2, 0.25) is 0 Å². The second kappa shape index (κ2) is 13.4. The van der Waals surface area contributed by atoms with Crippen molar-refractivity contribution < 1.29 is 32.2 Å². The Bertz CT molecular complexity index is 1570. The van der Waals surface area contributed by atoms with Crippen LogP contribution in [0.4, 0.5) is 13.2 Å². The minimum absolute atomic E-state index is 0.0122. The number of benzene rings is 3. The van der Waals surface area contributed by atoms with Crippen LogP contribution < -0.4 is 4.74 Å². The highest BCUT2D eigenvalue weighted by molar-refractivity contribution is 5.85. The fraction of sp³-hybridized carbons (Fsp3) is 0.400. The first-order chi connectivity index (χ1) is 21.0. The Morgan fingerprint density at radius 1 is 1.05 bits per heavy atom. The molecule has 1 aliphatic rings. The van der Waals surface area contributed by atoms with Crippen molar-refractivity contribution >= 4 is 16.9 Å². The van der Waals surface area contributed by atoms with Gasteiger partial charge in [0.1, 0.15) is 36.3 Å². The van der Waals surface area contributed by atoms with Crippen molar-refractivity contribution in [3.8, 4) is 5.75 Å². The van der Waals surface area contributed by atoms with Gasteiger partial charge in [-0.2, -0.15) is 0 Å². The molecule has 0 saturated heterocycles. The van der Waals surface area contributed by atoms with Crippen molar-refractivity contribution in [1.82, 2.24) is 9.88 Å². The molecule has 1 aromatic heterocycles. The number of nitrogens with one attached hydrogen (secondary N) is 1. The molecule has 0 radical (unpaired) electrons. The molecule has 4 aromatic rings. The summed E-state index contributed by atoms with van der Waals surface area (Å²) in [6, 6.07) is 16.8. The van der Waals surface area contributed by atoms with Crippen LogP contribution in [0.15, 0.2) is 60.7 Å². The maximum Gasteiger partial charge on any atom is 0.332 e.